The van der Waals surface area contributed by atoms with Gasteiger partial charge in [0.2, 0.25) is 5.91 Å². The number of hydrogen-bond donors (Lipinski definition) is 1. The first kappa shape index (κ1) is 16.0. The molecule has 0 atom stereocenters. The molecular weight excluding hydrogens is 260 g/mol. The third kappa shape index (κ3) is 4.51. The minimum atomic E-state index is 0. The third-order valence-electron chi connectivity index (χ3n) is 3.73. The number of likely N-dealkylation sites (N-methyl/N-ethyl adjacent to an activating group) is 1. The van der Waals surface area contributed by atoms with Crippen molar-refractivity contribution in [3.63, 3.8) is 0 Å². The molecule has 0 aromatic heterocycles. The quantitative estimate of drug-likeness (QED) is 0.922. The molecule has 1 aromatic carbocycles. The van der Waals surface area contributed by atoms with E-state index in [2.05, 4.69) is 24.4 Å². The van der Waals surface area contributed by atoms with E-state index in [0.29, 0.717) is 12.5 Å². The number of carbonyl (C=O) groups excluding carboxylic acids is 1. The Balaban J connectivity index is 0.00000180. The van der Waals surface area contributed by atoms with Crippen LogP contribution in [0, 0.1) is 6.92 Å². The minimum Gasteiger partial charge on any atom is -0.342 e. The molecule has 0 unspecified atom stereocenters. The predicted molar refractivity (Wildman–Crippen MR) is 80.8 cm³/mol. The maximum absolute atomic E-state index is 12.2. The molecule has 0 spiro atoms. The first-order valence-electron chi connectivity index (χ1n) is 6.69. The van der Waals surface area contributed by atoms with Crippen LogP contribution in [0.4, 0.5) is 0 Å². The van der Waals surface area contributed by atoms with E-state index >= 15 is 0 Å². The van der Waals surface area contributed by atoms with Gasteiger partial charge >= 0.3 is 0 Å². The van der Waals surface area contributed by atoms with Gasteiger partial charge in [0.05, 0.1) is 6.42 Å². The molecule has 4 heteroatoms. The zero-order valence-corrected chi connectivity index (χ0v) is 12.5. The molecule has 1 heterocycles. The Morgan fingerprint density at radius 2 is 1.84 bits per heavy atom. The highest BCUT2D eigenvalue weighted by molar-refractivity contribution is 5.85. The zero-order valence-electron chi connectivity index (χ0n) is 11.7. The number of benzene rings is 1. The number of piperidine rings is 1. The van der Waals surface area contributed by atoms with Gasteiger partial charge in [-0.3, -0.25) is 4.79 Å². The molecule has 106 valence electrons. The lowest BCUT2D eigenvalue weighted by atomic mass is 10.0. The number of rotatable bonds is 3. The second-order valence-electron chi connectivity index (χ2n) is 5.15. The van der Waals surface area contributed by atoms with Gasteiger partial charge in [-0.05, 0) is 38.4 Å². The summed E-state index contributed by atoms with van der Waals surface area (Å²) in [7, 11) is 1.94. The molecule has 0 radical (unpaired) electrons. The Bertz CT molecular complexity index is 399. The first-order valence-corrected chi connectivity index (χ1v) is 6.69. The summed E-state index contributed by atoms with van der Waals surface area (Å²) in [5, 5.41) is 3.33. The lowest BCUT2D eigenvalue weighted by Crippen LogP contribution is -2.44. The van der Waals surface area contributed by atoms with Crippen LogP contribution in [0.5, 0.6) is 0 Å². The van der Waals surface area contributed by atoms with Crippen LogP contribution in [-0.2, 0) is 11.2 Å². The summed E-state index contributed by atoms with van der Waals surface area (Å²) in [6, 6.07) is 8.62. The Hall–Kier alpha value is -1.06. The molecule has 1 amide bonds. The highest BCUT2D eigenvalue weighted by Gasteiger charge is 2.21. The molecule has 0 saturated carbocycles. The van der Waals surface area contributed by atoms with Crippen LogP contribution in [0.25, 0.3) is 0 Å². The van der Waals surface area contributed by atoms with Gasteiger partial charge in [-0.1, -0.05) is 29.8 Å². The van der Waals surface area contributed by atoms with Crippen molar-refractivity contribution in [3.05, 3.63) is 35.4 Å². The van der Waals surface area contributed by atoms with Crippen molar-refractivity contribution in [1.29, 1.82) is 0 Å². The summed E-state index contributed by atoms with van der Waals surface area (Å²) in [4.78, 5) is 14.1. The number of nitrogens with one attached hydrogen (secondary N) is 1. The summed E-state index contributed by atoms with van der Waals surface area (Å²) < 4.78 is 0. The van der Waals surface area contributed by atoms with Gasteiger partial charge in [0.15, 0.2) is 0 Å². The van der Waals surface area contributed by atoms with Crippen molar-refractivity contribution in [3.8, 4) is 0 Å². The molecule has 3 nitrogen and oxygen atoms in total. The van der Waals surface area contributed by atoms with Crippen molar-refractivity contribution in [2.24, 2.45) is 0 Å². The Morgan fingerprint density at radius 3 is 2.42 bits per heavy atom. The molecule has 1 saturated heterocycles. The largest absolute Gasteiger partial charge is 0.342 e. The second kappa shape index (κ2) is 7.51. The summed E-state index contributed by atoms with van der Waals surface area (Å²) >= 11 is 0. The Labute approximate surface area is 121 Å². The highest BCUT2D eigenvalue weighted by Crippen LogP contribution is 2.12. The molecule has 1 aliphatic rings. The lowest BCUT2D eigenvalue weighted by Gasteiger charge is -2.31. The molecule has 1 fully saturated rings. The third-order valence-corrected chi connectivity index (χ3v) is 3.73. The standard InChI is InChI=1S/C15H22N2O.ClH/c1-12-3-5-13(6-4-12)11-15(18)17(2)14-7-9-16-10-8-14;/h3-6,14,16H,7-11H2,1-2H3;1H. The maximum Gasteiger partial charge on any atom is 0.226 e. The van der Waals surface area contributed by atoms with E-state index in [1.165, 1.54) is 5.56 Å². The summed E-state index contributed by atoms with van der Waals surface area (Å²) in [5.74, 6) is 0.228. The Kier molecular flexibility index (Phi) is 6.32. The molecular formula is C15H23ClN2O. The normalized spacial score (nSPS) is 15.7. The van der Waals surface area contributed by atoms with Gasteiger partial charge in [-0.2, -0.15) is 0 Å². The number of hydrogen-bond acceptors (Lipinski definition) is 2. The Morgan fingerprint density at radius 1 is 1.26 bits per heavy atom. The highest BCUT2D eigenvalue weighted by atomic mass is 35.5. The van der Waals surface area contributed by atoms with E-state index in [1.807, 2.05) is 24.1 Å². The maximum atomic E-state index is 12.2. The molecule has 0 bridgehead atoms. The first-order chi connectivity index (χ1) is 8.66. The van der Waals surface area contributed by atoms with E-state index in [-0.39, 0.29) is 18.3 Å². The van der Waals surface area contributed by atoms with Gasteiger partial charge in [-0.15, -0.1) is 12.4 Å². The number of carbonyl (C=O) groups is 1. The van der Waals surface area contributed by atoms with E-state index in [4.69, 9.17) is 0 Å². The number of halogens is 1. The molecule has 19 heavy (non-hydrogen) atoms. The van der Waals surface area contributed by atoms with Crippen molar-refractivity contribution in [2.45, 2.75) is 32.2 Å². The topological polar surface area (TPSA) is 32.3 Å². The number of amides is 1. The average Bonchev–Trinajstić information content (AvgIpc) is 2.41. The number of nitrogens with zero attached hydrogens (tertiary/aromatic N) is 1. The number of aryl methyl sites for hydroxylation is 1. The van der Waals surface area contributed by atoms with Gasteiger partial charge in [0.25, 0.3) is 0 Å². The van der Waals surface area contributed by atoms with Crippen LogP contribution < -0.4 is 5.32 Å². The molecule has 1 aliphatic heterocycles. The summed E-state index contributed by atoms with van der Waals surface area (Å²) in [6.45, 7) is 4.10. The van der Waals surface area contributed by atoms with E-state index in [1.54, 1.807) is 0 Å². The fourth-order valence-electron chi connectivity index (χ4n) is 2.40. The van der Waals surface area contributed by atoms with Crippen molar-refractivity contribution in [2.75, 3.05) is 20.1 Å². The molecule has 1 N–H and O–H groups in total. The molecule has 2 rings (SSSR count). The van der Waals surface area contributed by atoms with Gasteiger partial charge < -0.3 is 10.2 Å². The molecule has 0 aliphatic carbocycles. The van der Waals surface area contributed by atoms with Crippen LogP contribution in [-0.4, -0.2) is 37.0 Å². The van der Waals surface area contributed by atoms with Crippen LogP contribution in [0.2, 0.25) is 0 Å². The monoisotopic (exact) mass is 282 g/mol. The van der Waals surface area contributed by atoms with Gasteiger partial charge in [0.1, 0.15) is 0 Å². The SMILES string of the molecule is Cc1ccc(CC(=O)N(C)C2CCNCC2)cc1.Cl. The van der Waals surface area contributed by atoms with E-state index in [9.17, 15) is 4.79 Å². The van der Waals surface area contributed by atoms with Crippen LogP contribution in [0.3, 0.4) is 0 Å². The van der Waals surface area contributed by atoms with Crippen molar-refractivity contribution >= 4 is 18.3 Å². The summed E-state index contributed by atoms with van der Waals surface area (Å²) in [5.41, 5.74) is 2.34. The van der Waals surface area contributed by atoms with Gasteiger partial charge in [-0.25, -0.2) is 0 Å². The van der Waals surface area contributed by atoms with Crippen molar-refractivity contribution in [1.82, 2.24) is 10.2 Å². The van der Waals surface area contributed by atoms with Crippen molar-refractivity contribution < 1.29 is 4.79 Å². The summed E-state index contributed by atoms with van der Waals surface area (Å²) in [6.07, 6.45) is 2.65. The predicted octanol–water partition coefficient (Wildman–Crippen LogP) is 2.17. The lowest BCUT2D eigenvalue weighted by molar-refractivity contribution is -0.131. The zero-order chi connectivity index (χ0) is 13.0. The van der Waals surface area contributed by atoms with Gasteiger partial charge in [0, 0.05) is 13.1 Å². The molecule has 1 aromatic rings. The van der Waals surface area contributed by atoms with E-state index < -0.39 is 0 Å². The van der Waals surface area contributed by atoms with Crippen LogP contribution in [0.15, 0.2) is 24.3 Å². The van der Waals surface area contributed by atoms with E-state index in [0.717, 1.165) is 31.5 Å². The fraction of sp³-hybridized carbons (Fsp3) is 0.533. The average molecular weight is 283 g/mol. The second-order valence-corrected chi connectivity index (χ2v) is 5.15. The van der Waals surface area contributed by atoms with Crippen LogP contribution in [0.1, 0.15) is 24.0 Å². The van der Waals surface area contributed by atoms with Crippen LogP contribution >= 0.6 is 12.4 Å². The fourth-order valence-corrected chi connectivity index (χ4v) is 2.40. The smallest absolute Gasteiger partial charge is 0.226 e. The minimum absolute atomic E-state index is 0.